The summed E-state index contributed by atoms with van der Waals surface area (Å²) in [6.07, 6.45) is 2.16. The van der Waals surface area contributed by atoms with E-state index in [1.165, 1.54) is 25.1 Å². The minimum atomic E-state index is -0.533. The van der Waals surface area contributed by atoms with Crippen molar-refractivity contribution in [3.05, 3.63) is 24.0 Å². The van der Waals surface area contributed by atoms with Crippen LogP contribution in [-0.4, -0.2) is 17.9 Å². The molecule has 1 aliphatic rings. The van der Waals surface area contributed by atoms with Crippen LogP contribution in [0.1, 0.15) is 26.2 Å². The molecule has 2 amide bonds. The number of carbonyl (C=O) groups is 2. The summed E-state index contributed by atoms with van der Waals surface area (Å²) >= 11 is 0. The van der Waals surface area contributed by atoms with Crippen molar-refractivity contribution in [1.82, 2.24) is 0 Å². The molecule has 0 bridgehead atoms. The maximum Gasteiger partial charge on any atom is 0.227 e. The monoisotopic (exact) mass is 279 g/mol. The molecule has 6 heteroatoms. The van der Waals surface area contributed by atoms with Crippen LogP contribution < -0.4 is 16.4 Å². The van der Waals surface area contributed by atoms with E-state index in [9.17, 15) is 14.0 Å². The van der Waals surface area contributed by atoms with Gasteiger partial charge in [0.1, 0.15) is 5.82 Å². The van der Waals surface area contributed by atoms with Gasteiger partial charge in [-0.05, 0) is 37.5 Å². The Kier molecular flexibility index (Phi) is 4.34. The second-order valence-electron chi connectivity index (χ2n) is 5.14. The van der Waals surface area contributed by atoms with E-state index < -0.39 is 5.82 Å². The molecule has 2 atom stereocenters. The fourth-order valence-electron chi connectivity index (χ4n) is 2.39. The number of rotatable bonds is 3. The summed E-state index contributed by atoms with van der Waals surface area (Å²) in [5, 5.41) is 5.11. The Hall–Kier alpha value is -1.95. The highest BCUT2D eigenvalue weighted by Gasteiger charge is 2.28. The van der Waals surface area contributed by atoms with Crippen LogP contribution in [0.15, 0.2) is 18.2 Å². The molecular formula is C14H18FN3O2. The number of hydrogen-bond donors (Lipinski definition) is 3. The van der Waals surface area contributed by atoms with E-state index in [0.717, 1.165) is 12.8 Å². The summed E-state index contributed by atoms with van der Waals surface area (Å²) in [6.45, 7) is 1.36. The zero-order valence-electron chi connectivity index (χ0n) is 11.3. The van der Waals surface area contributed by atoms with Gasteiger partial charge in [-0.25, -0.2) is 4.39 Å². The Balaban J connectivity index is 2.08. The molecule has 20 heavy (non-hydrogen) atoms. The van der Waals surface area contributed by atoms with E-state index in [2.05, 4.69) is 10.6 Å². The predicted octanol–water partition coefficient (Wildman–Crippen LogP) is 1.85. The van der Waals surface area contributed by atoms with Gasteiger partial charge in [0.25, 0.3) is 0 Å². The number of benzene rings is 1. The van der Waals surface area contributed by atoms with Gasteiger partial charge in [-0.15, -0.1) is 0 Å². The van der Waals surface area contributed by atoms with E-state index in [0.29, 0.717) is 12.1 Å². The van der Waals surface area contributed by atoms with Crippen LogP contribution in [0.2, 0.25) is 0 Å². The lowest BCUT2D eigenvalue weighted by Crippen LogP contribution is -2.23. The van der Waals surface area contributed by atoms with Gasteiger partial charge in [0, 0.05) is 24.6 Å². The summed E-state index contributed by atoms with van der Waals surface area (Å²) in [5.74, 6) is -1.18. The molecule has 0 aromatic heterocycles. The molecule has 0 aliphatic heterocycles. The minimum Gasteiger partial charge on any atom is -0.328 e. The van der Waals surface area contributed by atoms with Gasteiger partial charge in [-0.1, -0.05) is 0 Å². The van der Waals surface area contributed by atoms with Gasteiger partial charge in [0.15, 0.2) is 0 Å². The fourth-order valence-corrected chi connectivity index (χ4v) is 2.39. The number of nitrogens with two attached hydrogens (primary N) is 1. The molecule has 1 aromatic carbocycles. The lowest BCUT2D eigenvalue weighted by molar-refractivity contribution is -0.119. The van der Waals surface area contributed by atoms with Crippen LogP contribution >= 0.6 is 0 Å². The molecule has 2 unspecified atom stereocenters. The highest BCUT2D eigenvalue weighted by Crippen LogP contribution is 2.27. The molecule has 1 aromatic rings. The van der Waals surface area contributed by atoms with Gasteiger partial charge in [-0.3, -0.25) is 9.59 Å². The maximum atomic E-state index is 13.7. The highest BCUT2D eigenvalue weighted by atomic mass is 19.1. The third-order valence-corrected chi connectivity index (χ3v) is 3.39. The number of amides is 2. The maximum absolute atomic E-state index is 13.7. The number of hydrogen-bond acceptors (Lipinski definition) is 3. The van der Waals surface area contributed by atoms with Crippen LogP contribution in [-0.2, 0) is 9.59 Å². The van der Waals surface area contributed by atoms with Gasteiger partial charge < -0.3 is 16.4 Å². The standard InChI is InChI=1S/C14H18FN3O2/c1-8(19)17-11-4-5-12(15)13(7-11)18-14(20)9-2-3-10(16)6-9/h4-5,7,9-10H,2-3,6,16H2,1H3,(H,17,19)(H,18,20). The fraction of sp³-hybridized carbons (Fsp3) is 0.429. The summed E-state index contributed by atoms with van der Waals surface area (Å²) < 4.78 is 13.7. The molecule has 0 heterocycles. The van der Waals surface area contributed by atoms with Crippen molar-refractivity contribution in [2.75, 3.05) is 10.6 Å². The molecule has 5 nitrogen and oxygen atoms in total. The smallest absolute Gasteiger partial charge is 0.227 e. The van der Waals surface area contributed by atoms with Crippen molar-refractivity contribution in [1.29, 1.82) is 0 Å². The van der Waals surface area contributed by atoms with Crippen molar-refractivity contribution in [3.8, 4) is 0 Å². The Morgan fingerprint density at radius 1 is 1.30 bits per heavy atom. The molecule has 1 aliphatic carbocycles. The predicted molar refractivity (Wildman–Crippen MR) is 74.6 cm³/mol. The largest absolute Gasteiger partial charge is 0.328 e. The second kappa shape index (κ2) is 6.00. The van der Waals surface area contributed by atoms with Crippen LogP contribution in [0.25, 0.3) is 0 Å². The molecular weight excluding hydrogens is 261 g/mol. The quantitative estimate of drug-likeness (QED) is 0.789. The Bertz CT molecular complexity index is 533. The molecule has 0 radical (unpaired) electrons. The van der Waals surface area contributed by atoms with E-state index in [-0.39, 0.29) is 29.5 Å². The third kappa shape index (κ3) is 3.54. The average Bonchev–Trinajstić information content (AvgIpc) is 2.79. The lowest BCUT2D eigenvalue weighted by Gasteiger charge is -2.12. The Morgan fingerprint density at radius 2 is 2.05 bits per heavy atom. The summed E-state index contributed by atoms with van der Waals surface area (Å²) in [7, 11) is 0. The molecule has 2 rings (SSSR count). The Labute approximate surface area is 116 Å². The first-order valence-electron chi connectivity index (χ1n) is 6.59. The molecule has 4 N–H and O–H groups in total. The van der Waals surface area contributed by atoms with Crippen LogP contribution in [0.3, 0.4) is 0 Å². The molecule has 108 valence electrons. The lowest BCUT2D eigenvalue weighted by atomic mass is 10.1. The summed E-state index contributed by atoms with van der Waals surface area (Å²) in [5.41, 5.74) is 6.28. The van der Waals surface area contributed by atoms with E-state index >= 15 is 0 Å². The Morgan fingerprint density at radius 3 is 2.65 bits per heavy atom. The van der Waals surface area contributed by atoms with Crippen molar-refractivity contribution < 1.29 is 14.0 Å². The van der Waals surface area contributed by atoms with Crippen LogP contribution in [0.4, 0.5) is 15.8 Å². The minimum absolute atomic E-state index is 0.0429. The topological polar surface area (TPSA) is 84.2 Å². The molecule has 0 saturated heterocycles. The van der Waals surface area contributed by atoms with Crippen molar-refractivity contribution >= 4 is 23.2 Å². The second-order valence-corrected chi connectivity index (χ2v) is 5.14. The normalized spacial score (nSPS) is 21.6. The first-order chi connectivity index (χ1) is 9.45. The zero-order valence-corrected chi connectivity index (χ0v) is 11.3. The average molecular weight is 279 g/mol. The molecule has 0 spiro atoms. The SMILES string of the molecule is CC(=O)Nc1ccc(F)c(NC(=O)C2CCC(N)C2)c1. The summed E-state index contributed by atoms with van der Waals surface area (Å²) in [4.78, 5) is 23.0. The van der Waals surface area contributed by atoms with Crippen molar-refractivity contribution in [2.24, 2.45) is 11.7 Å². The summed E-state index contributed by atoms with van der Waals surface area (Å²) in [6, 6.07) is 4.10. The number of anilines is 2. The third-order valence-electron chi connectivity index (χ3n) is 3.39. The number of halogens is 1. The van der Waals surface area contributed by atoms with Gasteiger partial charge in [0.2, 0.25) is 11.8 Å². The van der Waals surface area contributed by atoms with Crippen molar-refractivity contribution in [3.63, 3.8) is 0 Å². The first kappa shape index (κ1) is 14.5. The van der Waals surface area contributed by atoms with Crippen LogP contribution in [0.5, 0.6) is 0 Å². The number of carbonyl (C=O) groups excluding carboxylic acids is 2. The van der Waals surface area contributed by atoms with Gasteiger partial charge in [0.05, 0.1) is 5.69 Å². The van der Waals surface area contributed by atoms with Gasteiger partial charge >= 0.3 is 0 Å². The van der Waals surface area contributed by atoms with Crippen molar-refractivity contribution in [2.45, 2.75) is 32.2 Å². The van der Waals surface area contributed by atoms with E-state index in [4.69, 9.17) is 5.73 Å². The van der Waals surface area contributed by atoms with E-state index in [1.54, 1.807) is 0 Å². The zero-order chi connectivity index (χ0) is 14.7. The number of nitrogens with one attached hydrogen (secondary N) is 2. The van der Waals surface area contributed by atoms with Crippen LogP contribution in [0, 0.1) is 11.7 Å². The highest BCUT2D eigenvalue weighted by molar-refractivity contribution is 5.94. The molecule has 1 fully saturated rings. The van der Waals surface area contributed by atoms with Gasteiger partial charge in [-0.2, -0.15) is 0 Å². The first-order valence-corrected chi connectivity index (χ1v) is 6.59. The molecule has 1 saturated carbocycles. The van der Waals surface area contributed by atoms with E-state index in [1.807, 2.05) is 0 Å².